The number of rotatable bonds is 13. The van der Waals surface area contributed by atoms with Gasteiger partial charge in [-0.05, 0) is 215 Å². The number of carbonyl (C=O) groups is 2. The van der Waals surface area contributed by atoms with Gasteiger partial charge in [-0.25, -0.2) is 56.2 Å². The first-order valence-electron chi connectivity index (χ1n) is 40.3. The third-order valence-electron chi connectivity index (χ3n) is 21.4. The van der Waals surface area contributed by atoms with Crippen molar-refractivity contribution in [2.24, 2.45) is 23.7 Å². The van der Waals surface area contributed by atoms with Gasteiger partial charge < -0.3 is 20.0 Å². The number of piperazine rings is 1. The number of hydrogen-bond acceptors (Lipinski definition) is 17. The zero-order valence-corrected chi connectivity index (χ0v) is 73.4. The second-order valence-corrected chi connectivity index (χ2v) is 33.9. The van der Waals surface area contributed by atoms with Crippen LogP contribution in [0.3, 0.4) is 0 Å². The molecular weight excluding hydrogens is 1660 g/mol. The van der Waals surface area contributed by atoms with Crippen molar-refractivity contribution in [3.05, 3.63) is 261 Å². The molecule has 0 unspecified atom stereocenters. The second kappa shape index (κ2) is 42.5. The molecule has 124 heavy (non-hydrogen) atoms. The molecule has 29 heteroatoms. The topological polar surface area (TPSA) is 258 Å². The monoisotopic (exact) mass is 1770 g/mol. The number of nitrogens with one attached hydrogen (secondary N) is 2. The van der Waals surface area contributed by atoms with E-state index in [1.54, 1.807) is 96.3 Å². The summed E-state index contributed by atoms with van der Waals surface area (Å²) >= 11 is 24.6. The molecule has 0 radical (unpaired) electrons. The highest BCUT2D eigenvalue weighted by Crippen LogP contribution is 2.41. The van der Waals surface area contributed by atoms with Crippen molar-refractivity contribution >= 4 is 102 Å². The average molecular weight is 1770 g/mol. The van der Waals surface area contributed by atoms with E-state index in [-0.39, 0.29) is 113 Å². The normalized spacial score (nSPS) is 16.7. The minimum absolute atomic E-state index is 0. The molecule has 3 aromatic carbocycles. The van der Waals surface area contributed by atoms with Crippen LogP contribution in [0.25, 0.3) is 83.9 Å². The van der Waals surface area contributed by atoms with Crippen LogP contribution < -0.4 is 37.7 Å². The maximum absolute atomic E-state index is 14.9. The van der Waals surface area contributed by atoms with Gasteiger partial charge in [-0.2, -0.15) is 9.97 Å². The van der Waals surface area contributed by atoms with Crippen LogP contribution in [0.2, 0.25) is 15.1 Å². The molecule has 2 N–H and O–H groups in total. The highest BCUT2D eigenvalue weighted by Gasteiger charge is 2.36. The summed E-state index contributed by atoms with van der Waals surface area (Å²) in [5, 5.41) is 4.83. The van der Waals surface area contributed by atoms with Gasteiger partial charge in [-0.3, -0.25) is 34.3 Å². The SMILES string of the molecule is C.C.C.C=CC(=O)Cl.C=CC(=O)N1[C@H](C)CN(c2nc(=O)n(-c3c(C)ccnc3C(C)C)c3nc(-c4ccccc4F)c(Cl)cc23)C[C@@H]1C.C[C@@H]1CNC[C@H](C)C1.Cc1ccnc(C(C)C)c1-n1c(=O)[nH]c(=O)c2cc(Cl)c(-c3ccccc3F)nc21.Cc1ccnc(C(C)C)c1-n1c(=O)nc(N2C[C@H](C)C[C@H](C)C2)c2cc(Cl)c(-c3ccccc3F)nc21. The molecule has 0 aliphatic carbocycles. The van der Waals surface area contributed by atoms with E-state index in [2.05, 4.69) is 86.0 Å². The predicted molar refractivity (Wildman–Crippen MR) is 500 cm³/mol. The van der Waals surface area contributed by atoms with Crippen molar-refractivity contribution in [1.82, 2.24) is 68.8 Å². The first kappa shape index (κ1) is 98.3. The van der Waals surface area contributed by atoms with Gasteiger partial charge in [0.1, 0.15) is 29.1 Å². The van der Waals surface area contributed by atoms with E-state index in [4.69, 9.17) is 56.4 Å². The van der Waals surface area contributed by atoms with E-state index in [1.165, 1.54) is 63.6 Å². The Hall–Kier alpha value is -11.1. The molecule has 12 heterocycles. The molecular formula is C95H111Cl4F3N16O6. The number of halogens is 7. The zero-order valence-electron chi connectivity index (χ0n) is 70.4. The van der Waals surface area contributed by atoms with Crippen LogP contribution in [0, 0.1) is 61.9 Å². The largest absolute Gasteiger partial charge is 0.355 e. The van der Waals surface area contributed by atoms with Crippen molar-refractivity contribution in [1.29, 1.82) is 0 Å². The van der Waals surface area contributed by atoms with E-state index in [0.29, 0.717) is 92.1 Å². The average Bonchev–Trinajstić information content (AvgIpc) is 0.765. The number of hydrogen-bond donors (Lipinski definition) is 2. The number of nitrogens with zero attached hydrogens (tertiary/aromatic N) is 14. The summed E-state index contributed by atoms with van der Waals surface area (Å²) in [5.41, 5.74) is 6.27. The number of aromatic nitrogens is 12. The van der Waals surface area contributed by atoms with Crippen molar-refractivity contribution < 1.29 is 22.8 Å². The van der Waals surface area contributed by atoms with Crippen molar-refractivity contribution in [2.45, 2.75) is 169 Å². The molecule has 3 saturated heterocycles. The summed E-state index contributed by atoms with van der Waals surface area (Å²) in [5.74, 6) is 2.19. The quantitative estimate of drug-likeness (QED) is 0.0803. The van der Waals surface area contributed by atoms with Gasteiger partial charge in [-0.15, -0.1) is 0 Å². The number of H-pyrrole nitrogens is 1. The molecule has 6 atom stereocenters. The van der Waals surface area contributed by atoms with E-state index in [9.17, 15) is 41.9 Å². The summed E-state index contributed by atoms with van der Waals surface area (Å²) in [6.45, 7) is 42.2. The lowest BCUT2D eigenvalue weighted by Gasteiger charge is -2.44. The van der Waals surface area contributed by atoms with E-state index >= 15 is 0 Å². The predicted octanol–water partition coefficient (Wildman–Crippen LogP) is 20.7. The number of allylic oxidation sites excluding steroid dienone is 1. The maximum atomic E-state index is 14.9. The summed E-state index contributed by atoms with van der Waals surface area (Å²) in [7, 11) is 0. The summed E-state index contributed by atoms with van der Waals surface area (Å²) in [4.78, 5) is 120. The van der Waals surface area contributed by atoms with E-state index in [0.717, 1.165) is 59.8 Å². The molecule has 22 nitrogen and oxygen atoms in total. The molecule has 12 aromatic rings. The molecule has 3 aliphatic heterocycles. The third-order valence-corrected chi connectivity index (χ3v) is 22.4. The van der Waals surface area contributed by atoms with Crippen LogP contribution in [0.5, 0.6) is 0 Å². The van der Waals surface area contributed by atoms with Gasteiger partial charge in [0.15, 0.2) is 16.9 Å². The van der Waals surface area contributed by atoms with Crippen molar-refractivity contribution in [2.75, 3.05) is 49.1 Å². The number of amides is 1. The lowest BCUT2D eigenvalue weighted by Crippen LogP contribution is -2.58. The smallest absolute Gasteiger partial charge is 0.355 e. The Bertz CT molecular complexity index is 6170. The fourth-order valence-electron chi connectivity index (χ4n) is 16.1. The molecule has 3 aliphatic rings. The second-order valence-electron chi connectivity index (χ2n) is 32.3. The Balaban J connectivity index is 0.000000214. The summed E-state index contributed by atoms with van der Waals surface area (Å²) < 4.78 is 48.5. The van der Waals surface area contributed by atoms with Crippen LogP contribution in [0.1, 0.15) is 170 Å². The Kier molecular flexibility index (Phi) is 33.7. The number of aromatic amines is 1. The highest BCUT2D eigenvalue weighted by molar-refractivity contribution is 6.66. The van der Waals surface area contributed by atoms with Gasteiger partial charge >= 0.3 is 17.1 Å². The third kappa shape index (κ3) is 21.5. The molecule has 1 amide bonds. The number of fused-ring (bicyclic) bond motifs is 3. The van der Waals surface area contributed by atoms with E-state index < -0.39 is 45.3 Å². The summed E-state index contributed by atoms with van der Waals surface area (Å²) in [6, 6.07) is 28.7. The molecule has 0 spiro atoms. The Morgan fingerprint density at radius 3 is 1.11 bits per heavy atom. The lowest BCUT2D eigenvalue weighted by atomic mass is 9.92. The minimum atomic E-state index is -0.653. The molecule has 15 rings (SSSR count). The molecule has 656 valence electrons. The van der Waals surface area contributed by atoms with Crippen molar-refractivity contribution in [3.63, 3.8) is 0 Å². The molecule has 0 bridgehead atoms. The highest BCUT2D eigenvalue weighted by atomic mass is 35.5. The zero-order chi connectivity index (χ0) is 87.9. The fourth-order valence-corrected chi connectivity index (χ4v) is 16.9. The van der Waals surface area contributed by atoms with Gasteiger partial charge in [-0.1, -0.05) is 176 Å². The van der Waals surface area contributed by atoms with Crippen LogP contribution in [-0.2, 0) is 9.59 Å². The fraction of sp³-hybridized carbons (Fsp3) is 0.368. The number of aryl methyl sites for hydroxylation is 3. The van der Waals surface area contributed by atoms with Gasteiger partial charge in [0.2, 0.25) is 11.1 Å². The lowest BCUT2D eigenvalue weighted by molar-refractivity contribution is -0.130. The van der Waals surface area contributed by atoms with E-state index in [1.807, 2.05) is 93.2 Å². The summed E-state index contributed by atoms with van der Waals surface area (Å²) in [6.07, 6.45) is 10.0. The number of carbonyl (C=O) groups excluding carboxylic acids is 2. The Labute approximate surface area is 742 Å². The minimum Gasteiger partial charge on any atom is -0.355 e. The number of anilines is 2. The first-order valence-corrected chi connectivity index (χ1v) is 41.8. The standard InChI is InChI=1S/C31H32ClFN6O2.C29H31ClFN5O.C22H18ClFN4O2.C7H15N.C3H3ClO.3CH4/c1-7-25(40)38-19(5)15-37(16-20(38)6)29-22-14-23(32)27(21-10-8-9-11-24(21)33)35-30(22)39(31(41)36-29)28-18(4)12-13-34-26(28)17(2)3;1-16(2)24-26(19(5)10-11-32-24)36-28-21(13-22(30)25(33-28)20-8-6-7-9-23(20)31)27(34-29(36)37)35-14-17(3)12-18(4)15-35;1-11(2)17-19(12(3)8-9-25-17)28-20-14(21(29)27-22(28)30)10-15(23)18(26-20)13-6-4-5-7-16(13)24;1-6-3-7(2)5-8-4-6;1-2-3(4)5;;;/h7-14,17,19-20H,1,15-16H2,2-6H3;6-11,13,16-18H,12,14-15H2,1-5H3;4-11H,1-3H3,(H,27,29,30);6-8H,3-5H2,1-2H3;2H,1H2;3*1H4/t19-,20+;17-,18+;;6-,7+;;;;. The van der Waals surface area contributed by atoms with Gasteiger partial charge in [0, 0.05) is 73.5 Å². The molecule has 0 saturated carbocycles. The molecule has 9 aromatic heterocycles. The first-order chi connectivity index (χ1) is 57.5. The Morgan fingerprint density at radius 1 is 0.468 bits per heavy atom. The maximum Gasteiger partial charge on any atom is 0.355 e. The van der Waals surface area contributed by atoms with Crippen LogP contribution in [-0.4, -0.2) is 126 Å². The Morgan fingerprint density at radius 2 is 0.790 bits per heavy atom. The van der Waals surface area contributed by atoms with Gasteiger partial charge in [0.05, 0.1) is 82.5 Å². The van der Waals surface area contributed by atoms with Crippen LogP contribution in [0.15, 0.2) is 172 Å². The van der Waals surface area contributed by atoms with Crippen LogP contribution >= 0.6 is 46.4 Å². The number of piperidine rings is 2. The van der Waals surface area contributed by atoms with Gasteiger partial charge in [0.25, 0.3) is 5.56 Å². The molecule has 3 fully saturated rings. The number of benzene rings is 3. The van der Waals surface area contributed by atoms with Crippen LogP contribution in [0.4, 0.5) is 24.8 Å². The van der Waals surface area contributed by atoms with Crippen molar-refractivity contribution in [3.8, 4) is 50.8 Å². The number of pyridine rings is 6.